The van der Waals surface area contributed by atoms with Gasteiger partial charge in [0, 0.05) is 44.6 Å². The van der Waals surface area contributed by atoms with Crippen LogP contribution in [-0.2, 0) is 6.54 Å². The number of nitrogens with one attached hydrogen (secondary N) is 1. The minimum atomic E-state index is -0.292. The van der Waals surface area contributed by atoms with Crippen LogP contribution < -0.4 is 10.1 Å². The van der Waals surface area contributed by atoms with Crippen LogP contribution in [0.1, 0.15) is 24.1 Å². The Morgan fingerprint density at radius 3 is 2.87 bits per heavy atom. The number of benzene rings is 1. The van der Waals surface area contributed by atoms with E-state index in [4.69, 9.17) is 4.74 Å². The molecule has 1 aliphatic rings. The zero-order valence-corrected chi connectivity index (χ0v) is 13.3. The van der Waals surface area contributed by atoms with E-state index in [0.717, 1.165) is 31.7 Å². The summed E-state index contributed by atoms with van der Waals surface area (Å²) in [7, 11) is 0. The summed E-state index contributed by atoms with van der Waals surface area (Å²) in [5, 5.41) is 3.43. The van der Waals surface area contributed by atoms with Gasteiger partial charge in [-0.1, -0.05) is 6.07 Å². The van der Waals surface area contributed by atoms with Crippen molar-refractivity contribution < 1.29 is 9.13 Å². The summed E-state index contributed by atoms with van der Waals surface area (Å²) in [5.41, 5.74) is 2.20. The van der Waals surface area contributed by atoms with Gasteiger partial charge in [-0.3, -0.25) is 9.88 Å². The molecule has 1 aromatic carbocycles. The lowest BCUT2D eigenvalue weighted by atomic mass is 10.0. The van der Waals surface area contributed by atoms with Gasteiger partial charge in [0.1, 0.15) is 0 Å². The Morgan fingerprint density at radius 1 is 1.30 bits per heavy atom. The van der Waals surface area contributed by atoms with Crippen LogP contribution >= 0.6 is 0 Å². The summed E-state index contributed by atoms with van der Waals surface area (Å²) in [4.78, 5) is 6.46. The van der Waals surface area contributed by atoms with Crippen LogP contribution in [0.25, 0.3) is 0 Å². The van der Waals surface area contributed by atoms with Crippen molar-refractivity contribution in [2.24, 2.45) is 0 Å². The van der Waals surface area contributed by atoms with Crippen LogP contribution in [0, 0.1) is 5.82 Å². The van der Waals surface area contributed by atoms with E-state index in [1.165, 1.54) is 5.56 Å². The number of pyridine rings is 1. The van der Waals surface area contributed by atoms with Crippen molar-refractivity contribution in [3.63, 3.8) is 0 Å². The van der Waals surface area contributed by atoms with Gasteiger partial charge in [0.05, 0.1) is 6.61 Å². The fourth-order valence-corrected chi connectivity index (χ4v) is 3.00. The van der Waals surface area contributed by atoms with Gasteiger partial charge in [0.15, 0.2) is 11.6 Å². The first-order chi connectivity index (χ1) is 11.3. The van der Waals surface area contributed by atoms with Gasteiger partial charge in [-0.15, -0.1) is 0 Å². The van der Waals surface area contributed by atoms with E-state index in [0.29, 0.717) is 12.4 Å². The van der Waals surface area contributed by atoms with Gasteiger partial charge in [0.2, 0.25) is 0 Å². The Kier molecular flexibility index (Phi) is 5.20. The molecule has 4 nitrogen and oxygen atoms in total. The number of hydrogen-bond donors (Lipinski definition) is 1. The molecule has 23 heavy (non-hydrogen) atoms. The zero-order valence-electron chi connectivity index (χ0n) is 13.3. The first-order valence-electron chi connectivity index (χ1n) is 8.04. The average molecular weight is 315 g/mol. The summed E-state index contributed by atoms with van der Waals surface area (Å²) >= 11 is 0. The van der Waals surface area contributed by atoms with Crippen molar-refractivity contribution in [1.29, 1.82) is 0 Å². The van der Waals surface area contributed by atoms with Crippen molar-refractivity contribution in [1.82, 2.24) is 15.2 Å². The Hall–Kier alpha value is -1.98. The SMILES string of the molecule is CCOc1ccc(CN2CCNCC2c2ccncc2)cc1F. The van der Waals surface area contributed by atoms with E-state index in [1.807, 2.05) is 37.5 Å². The van der Waals surface area contributed by atoms with Crippen LogP contribution in [0.15, 0.2) is 42.7 Å². The maximum Gasteiger partial charge on any atom is 0.165 e. The van der Waals surface area contributed by atoms with Crippen molar-refractivity contribution in [3.05, 3.63) is 59.7 Å². The molecular weight excluding hydrogens is 293 g/mol. The third-order valence-corrected chi connectivity index (χ3v) is 4.13. The number of rotatable bonds is 5. The Morgan fingerprint density at radius 2 is 2.13 bits per heavy atom. The summed E-state index contributed by atoms with van der Waals surface area (Å²) < 4.78 is 19.3. The molecule has 0 aliphatic carbocycles. The van der Waals surface area contributed by atoms with Gasteiger partial charge in [0.25, 0.3) is 0 Å². The number of ether oxygens (including phenoxy) is 1. The smallest absolute Gasteiger partial charge is 0.165 e. The van der Waals surface area contributed by atoms with Gasteiger partial charge < -0.3 is 10.1 Å². The summed E-state index contributed by atoms with van der Waals surface area (Å²) in [6.45, 7) is 5.82. The highest BCUT2D eigenvalue weighted by atomic mass is 19.1. The highest BCUT2D eigenvalue weighted by molar-refractivity contribution is 5.29. The minimum absolute atomic E-state index is 0.279. The maximum atomic E-state index is 14.0. The molecule has 0 bridgehead atoms. The third-order valence-electron chi connectivity index (χ3n) is 4.13. The molecule has 5 heteroatoms. The molecule has 1 N–H and O–H groups in total. The molecule has 0 spiro atoms. The molecule has 2 aromatic rings. The maximum absolute atomic E-state index is 14.0. The molecular formula is C18H22FN3O. The lowest BCUT2D eigenvalue weighted by Gasteiger charge is -2.36. The van der Waals surface area contributed by atoms with E-state index < -0.39 is 0 Å². The first-order valence-corrected chi connectivity index (χ1v) is 8.04. The molecule has 3 rings (SSSR count). The largest absolute Gasteiger partial charge is 0.491 e. The molecule has 0 amide bonds. The molecule has 1 unspecified atom stereocenters. The lowest BCUT2D eigenvalue weighted by Crippen LogP contribution is -2.45. The van der Waals surface area contributed by atoms with Gasteiger partial charge in [-0.05, 0) is 42.3 Å². The monoisotopic (exact) mass is 315 g/mol. The van der Waals surface area contributed by atoms with E-state index in [-0.39, 0.29) is 11.9 Å². The summed E-state index contributed by atoms with van der Waals surface area (Å²) in [6.07, 6.45) is 3.64. The first kappa shape index (κ1) is 15.9. The highest BCUT2D eigenvalue weighted by Crippen LogP contribution is 2.25. The van der Waals surface area contributed by atoms with Crippen LogP contribution in [0.5, 0.6) is 5.75 Å². The quantitative estimate of drug-likeness (QED) is 0.921. The number of aromatic nitrogens is 1. The van der Waals surface area contributed by atoms with Crippen LogP contribution in [0.2, 0.25) is 0 Å². The second-order valence-corrected chi connectivity index (χ2v) is 5.67. The van der Waals surface area contributed by atoms with Crippen molar-refractivity contribution >= 4 is 0 Å². The number of hydrogen-bond acceptors (Lipinski definition) is 4. The molecule has 2 heterocycles. The summed E-state index contributed by atoms with van der Waals surface area (Å²) in [6, 6.07) is 9.61. The van der Waals surface area contributed by atoms with Gasteiger partial charge >= 0.3 is 0 Å². The minimum Gasteiger partial charge on any atom is -0.491 e. The van der Waals surface area contributed by atoms with Crippen LogP contribution in [-0.4, -0.2) is 36.1 Å². The van der Waals surface area contributed by atoms with E-state index in [1.54, 1.807) is 12.1 Å². The molecule has 1 saturated heterocycles. The Balaban J connectivity index is 1.76. The average Bonchev–Trinajstić information content (AvgIpc) is 2.59. The predicted molar refractivity (Wildman–Crippen MR) is 87.8 cm³/mol. The van der Waals surface area contributed by atoms with Gasteiger partial charge in [-0.2, -0.15) is 0 Å². The Bertz CT molecular complexity index is 635. The fourth-order valence-electron chi connectivity index (χ4n) is 3.00. The predicted octanol–water partition coefficient (Wildman–Crippen LogP) is 2.77. The molecule has 1 aliphatic heterocycles. The number of halogens is 1. The van der Waals surface area contributed by atoms with Crippen molar-refractivity contribution in [3.8, 4) is 5.75 Å². The number of piperazine rings is 1. The molecule has 1 atom stereocenters. The second-order valence-electron chi connectivity index (χ2n) is 5.67. The van der Waals surface area contributed by atoms with Crippen LogP contribution in [0.4, 0.5) is 4.39 Å². The highest BCUT2D eigenvalue weighted by Gasteiger charge is 2.23. The fraction of sp³-hybridized carbons (Fsp3) is 0.389. The molecule has 0 radical (unpaired) electrons. The Labute approximate surface area is 136 Å². The van der Waals surface area contributed by atoms with Gasteiger partial charge in [-0.25, -0.2) is 4.39 Å². The van der Waals surface area contributed by atoms with E-state index >= 15 is 0 Å². The van der Waals surface area contributed by atoms with E-state index in [2.05, 4.69) is 15.2 Å². The van der Waals surface area contributed by atoms with Crippen molar-refractivity contribution in [2.45, 2.75) is 19.5 Å². The third kappa shape index (κ3) is 3.86. The van der Waals surface area contributed by atoms with Crippen LogP contribution in [0.3, 0.4) is 0 Å². The number of nitrogens with zero attached hydrogens (tertiary/aromatic N) is 2. The molecule has 1 aromatic heterocycles. The zero-order chi connectivity index (χ0) is 16.1. The standard InChI is InChI=1S/C18H22FN3O/c1-2-23-18-4-3-14(11-16(18)19)13-22-10-9-21-12-17(22)15-5-7-20-8-6-15/h3-8,11,17,21H,2,9-10,12-13H2,1H3. The lowest BCUT2D eigenvalue weighted by molar-refractivity contribution is 0.153. The second kappa shape index (κ2) is 7.53. The topological polar surface area (TPSA) is 37.4 Å². The van der Waals surface area contributed by atoms with E-state index in [9.17, 15) is 4.39 Å². The molecule has 122 valence electrons. The van der Waals surface area contributed by atoms with Crippen molar-refractivity contribution in [2.75, 3.05) is 26.2 Å². The molecule has 0 saturated carbocycles. The normalized spacial score (nSPS) is 18.8. The molecule has 1 fully saturated rings. The summed E-state index contributed by atoms with van der Waals surface area (Å²) in [5.74, 6) is 0.0298.